The first-order chi connectivity index (χ1) is 14.0. The average molecular weight is 391 g/mol. The number of aromatic nitrogens is 2. The number of aromatic amines is 1. The maximum Gasteiger partial charge on any atom is 0.326 e. The van der Waals surface area contributed by atoms with Crippen LogP contribution in [0.15, 0.2) is 60.9 Å². The molecule has 0 radical (unpaired) electrons. The standard InChI is InChI=1S/C22H21N3O4/c1-29-16-6-7-20-14(10-16)8-9-25(20)13-21(26)24-19(22(27)28)11-15-12-23-18-5-3-2-4-17(15)18/h2-10,12,19,23H,11,13H2,1H3,(H,24,26)(H,27,28)/t19-/m0/s1. The number of ether oxygens (including phenoxy) is 1. The Morgan fingerprint density at radius 2 is 2.03 bits per heavy atom. The van der Waals surface area contributed by atoms with Gasteiger partial charge in [0, 0.05) is 40.6 Å². The third kappa shape index (κ3) is 3.80. The number of benzene rings is 2. The van der Waals surface area contributed by atoms with E-state index in [0.717, 1.165) is 33.1 Å². The molecule has 1 atom stereocenters. The SMILES string of the molecule is COc1ccc2c(ccn2CC(=O)N[C@@H](Cc2c[nH]c3ccccc23)C(=O)O)c1. The number of carboxylic acids is 1. The highest BCUT2D eigenvalue weighted by atomic mass is 16.5. The lowest BCUT2D eigenvalue weighted by Crippen LogP contribution is -2.43. The molecule has 0 saturated heterocycles. The third-order valence-corrected chi connectivity index (χ3v) is 5.02. The number of para-hydroxylation sites is 1. The highest BCUT2D eigenvalue weighted by Crippen LogP contribution is 2.22. The van der Waals surface area contributed by atoms with Crippen molar-refractivity contribution in [2.24, 2.45) is 0 Å². The Morgan fingerprint density at radius 1 is 1.21 bits per heavy atom. The molecule has 148 valence electrons. The number of amides is 1. The van der Waals surface area contributed by atoms with Gasteiger partial charge in [0.05, 0.1) is 7.11 Å². The maximum atomic E-state index is 12.6. The summed E-state index contributed by atoms with van der Waals surface area (Å²) in [4.78, 5) is 27.4. The van der Waals surface area contributed by atoms with E-state index >= 15 is 0 Å². The molecule has 0 aliphatic heterocycles. The lowest BCUT2D eigenvalue weighted by atomic mass is 10.0. The fourth-order valence-corrected chi connectivity index (χ4v) is 3.56. The van der Waals surface area contributed by atoms with Crippen LogP contribution in [0.4, 0.5) is 0 Å². The minimum atomic E-state index is -1.06. The van der Waals surface area contributed by atoms with Crippen molar-refractivity contribution in [2.45, 2.75) is 19.0 Å². The molecule has 2 heterocycles. The molecular weight excluding hydrogens is 370 g/mol. The van der Waals surface area contributed by atoms with Crippen LogP contribution < -0.4 is 10.1 Å². The van der Waals surface area contributed by atoms with Crippen LogP contribution in [0.25, 0.3) is 21.8 Å². The van der Waals surface area contributed by atoms with E-state index in [1.54, 1.807) is 24.1 Å². The van der Waals surface area contributed by atoms with Gasteiger partial charge < -0.3 is 24.7 Å². The molecular formula is C22H21N3O4. The van der Waals surface area contributed by atoms with E-state index in [1.807, 2.05) is 48.5 Å². The fraction of sp³-hybridized carbons (Fsp3) is 0.182. The van der Waals surface area contributed by atoms with Crippen LogP contribution in [-0.4, -0.2) is 39.7 Å². The number of nitrogens with one attached hydrogen (secondary N) is 2. The second kappa shape index (κ2) is 7.71. The molecule has 2 aromatic heterocycles. The van der Waals surface area contributed by atoms with Gasteiger partial charge in [0.2, 0.25) is 5.91 Å². The Bertz CT molecular complexity index is 1190. The van der Waals surface area contributed by atoms with E-state index in [9.17, 15) is 14.7 Å². The van der Waals surface area contributed by atoms with Crippen LogP contribution in [0.2, 0.25) is 0 Å². The largest absolute Gasteiger partial charge is 0.497 e. The first-order valence-corrected chi connectivity index (χ1v) is 9.25. The molecule has 0 unspecified atom stereocenters. The number of hydrogen-bond donors (Lipinski definition) is 3. The highest BCUT2D eigenvalue weighted by molar-refractivity contribution is 5.88. The summed E-state index contributed by atoms with van der Waals surface area (Å²) in [7, 11) is 1.60. The van der Waals surface area contributed by atoms with E-state index in [1.165, 1.54) is 0 Å². The number of carboxylic acid groups (broad SMARTS) is 1. The van der Waals surface area contributed by atoms with Gasteiger partial charge >= 0.3 is 5.97 Å². The summed E-state index contributed by atoms with van der Waals surface area (Å²) in [5, 5.41) is 14.2. The fourth-order valence-electron chi connectivity index (χ4n) is 3.56. The molecule has 2 aromatic carbocycles. The van der Waals surface area contributed by atoms with Gasteiger partial charge in [0.25, 0.3) is 0 Å². The number of hydrogen-bond acceptors (Lipinski definition) is 3. The molecule has 1 amide bonds. The first kappa shape index (κ1) is 18.6. The van der Waals surface area contributed by atoms with Gasteiger partial charge in [-0.15, -0.1) is 0 Å². The molecule has 29 heavy (non-hydrogen) atoms. The summed E-state index contributed by atoms with van der Waals surface area (Å²) in [6, 6.07) is 14.2. The molecule has 7 heteroatoms. The number of fused-ring (bicyclic) bond motifs is 2. The quantitative estimate of drug-likeness (QED) is 0.451. The maximum absolute atomic E-state index is 12.6. The molecule has 7 nitrogen and oxygen atoms in total. The Morgan fingerprint density at radius 3 is 2.83 bits per heavy atom. The second-order valence-electron chi connectivity index (χ2n) is 6.89. The number of aliphatic carboxylic acids is 1. The van der Waals surface area contributed by atoms with Crippen LogP contribution in [0.1, 0.15) is 5.56 Å². The Balaban J connectivity index is 1.49. The predicted molar refractivity (Wildman–Crippen MR) is 110 cm³/mol. The molecule has 0 saturated carbocycles. The molecule has 3 N–H and O–H groups in total. The van der Waals surface area contributed by atoms with Crippen molar-refractivity contribution in [3.8, 4) is 5.75 Å². The van der Waals surface area contributed by atoms with E-state index in [4.69, 9.17) is 4.74 Å². The van der Waals surface area contributed by atoms with Crippen molar-refractivity contribution in [3.63, 3.8) is 0 Å². The lowest BCUT2D eigenvalue weighted by molar-refractivity contribution is -0.141. The number of carbonyl (C=O) groups excluding carboxylic acids is 1. The van der Waals surface area contributed by atoms with Crippen molar-refractivity contribution in [1.29, 1.82) is 0 Å². The van der Waals surface area contributed by atoms with E-state index in [2.05, 4.69) is 10.3 Å². The van der Waals surface area contributed by atoms with E-state index in [-0.39, 0.29) is 18.9 Å². The predicted octanol–water partition coefficient (Wildman–Crippen LogP) is 2.94. The van der Waals surface area contributed by atoms with Crippen LogP contribution in [0.5, 0.6) is 5.75 Å². The van der Waals surface area contributed by atoms with Gasteiger partial charge in [-0.25, -0.2) is 4.79 Å². The van der Waals surface area contributed by atoms with Crippen molar-refractivity contribution < 1.29 is 19.4 Å². The van der Waals surface area contributed by atoms with Gasteiger partial charge in [-0.1, -0.05) is 18.2 Å². The van der Waals surface area contributed by atoms with Gasteiger partial charge in [0.1, 0.15) is 18.3 Å². The second-order valence-corrected chi connectivity index (χ2v) is 6.89. The number of H-pyrrole nitrogens is 1. The summed E-state index contributed by atoms with van der Waals surface area (Å²) in [5.74, 6) is -0.680. The smallest absolute Gasteiger partial charge is 0.326 e. The number of carbonyl (C=O) groups is 2. The van der Waals surface area contributed by atoms with Crippen molar-refractivity contribution in [2.75, 3.05) is 7.11 Å². The topological polar surface area (TPSA) is 96.4 Å². The monoisotopic (exact) mass is 391 g/mol. The number of nitrogens with zero attached hydrogens (tertiary/aromatic N) is 1. The van der Waals surface area contributed by atoms with E-state index in [0.29, 0.717) is 0 Å². The summed E-state index contributed by atoms with van der Waals surface area (Å²) in [6.45, 7) is 0.0352. The van der Waals surface area contributed by atoms with Gasteiger partial charge in [-0.3, -0.25) is 4.79 Å². The van der Waals surface area contributed by atoms with Crippen molar-refractivity contribution >= 4 is 33.7 Å². The average Bonchev–Trinajstić information content (AvgIpc) is 3.31. The summed E-state index contributed by atoms with van der Waals surface area (Å²) in [6.07, 6.45) is 3.80. The Labute approximate surface area is 166 Å². The van der Waals surface area contributed by atoms with Crippen molar-refractivity contribution in [3.05, 3.63) is 66.5 Å². The zero-order valence-electron chi connectivity index (χ0n) is 15.9. The Kier molecular flexibility index (Phi) is 4.95. The van der Waals surface area contributed by atoms with Crippen LogP contribution in [-0.2, 0) is 22.6 Å². The normalized spacial score (nSPS) is 12.2. The minimum Gasteiger partial charge on any atom is -0.497 e. The molecule has 0 aliphatic rings. The summed E-state index contributed by atoms with van der Waals surface area (Å²) < 4.78 is 7.00. The molecule has 4 aromatic rings. The lowest BCUT2D eigenvalue weighted by Gasteiger charge is -2.15. The zero-order valence-corrected chi connectivity index (χ0v) is 15.9. The molecule has 0 aliphatic carbocycles. The van der Waals surface area contributed by atoms with Gasteiger partial charge in [0.15, 0.2) is 0 Å². The van der Waals surface area contributed by atoms with Gasteiger partial charge in [-0.2, -0.15) is 0 Å². The van der Waals surface area contributed by atoms with Crippen molar-refractivity contribution in [1.82, 2.24) is 14.9 Å². The van der Waals surface area contributed by atoms with Gasteiger partial charge in [-0.05, 0) is 35.9 Å². The third-order valence-electron chi connectivity index (χ3n) is 5.02. The van der Waals surface area contributed by atoms with Crippen LogP contribution in [0.3, 0.4) is 0 Å². The van der Waals surface area contributed by atoms with Crippen LogP contribution in [0, 0.1) is 0 Å². The van der Waals surface area contributed by atoms with E-state index < -0.39 is 12.0 Å². The minimum absolute atomic E-state index is 0.0352. The number of rotatable bonds is 7. The molecule has 0 fully saturated rings. The Hall–Kier alpha value is -3.74. The molecule has 0 bridgehead atoms. The first-order valence-electron chi connectivity index (χ1n) is 9.25. The summed E-state index contributed by atoms with van der Waals surface area (Å²) in [5.41, 5.74) is 2.67. The molecule has 0 spiro atoms. The number of methoxy groups -OCH3 is 1. The summed E-state index contributed by atoms with van der Waals surface area (Å²) >= 11 is 0. The highest BCUT2D eigenvalue weighted by Gasteiger charge is 2.22. The molecule has 4 rings (SSSR count). The zero-order chi connectivity index (χ0) is 20.4. The van der Waals surface area contributed by atoms with Crippen LogP contribution >= 0.6 is 0 Å².